The zero-order valence-electron chi connectivity index (χ0n) is 4.85. The molecule has 0 aliphatic rings. The van der Waals surface area contributed by atoms with Gasteiger partial charge in [0, 0.05) is 0 Å². The number of hydrogen-bond donors (Lipinski definition) is 2. The van der Waals surface area contributed by atoms with Crippen molar-refractivity contribution in [2.24, 2.45) is 5.73 Å². The number of hydrogen-bond acceptors (Lipinski definition) is 2. The second kappa shape index (κ2) is 2.87. The number of primary amides is 1. The molecule has 10 heavy (non-hydrogen) atoms. The molecule has 60 valence electrons. The highest BCUT2D eigenvalue weighted by Crippen LogP contribution is 2.20. The summed E-state index contributed by atoms with van der Waals surface area (Å²) in [6.07, 6.45) is -8.25. The van der Waals surface area contributed by atoms with E-state index in [1.807, 2.05) is 0 Å². The number of halogens is 3. The second-order valence-corrected chi connectivity index (χ2v) is 1.74. The van der Waals surface area contributed by atoms with E-state index in [-0.39, 0.29) is 0 Å². The Morgan fingerprint density at radius 3 is 2.10 bits per heavy atom. The Bertz CT molecular complexity index is 133. The topological polar surface area (TPSA) is 63.3 Å². The van der Waals surface area contributed by atoms with Crippen LogP contribution in [0.2, 0.25) is 0 Å². The van der Waals surface area contributed by atoms with Gasteiger partial charge >= 0.3 is 6.18 Å². The van der Waals surface area contributed by atoms with Crippen molar-refractivity contribution in [2.45, 2.75) is 18.7 Å². The molecule has 0 unspecified atom stereocenters. The molecular weight excluding hydrogens is 151 g/mol. The summed E-state index contributed by atoms with van der Waals surface area (Å²) in [5.41, 5.74) is 4.35. The van der Waals surface area contributed by atoms with Crippen LogP contribution in [0, 0.1) is 0 Å². The maximum atomic E-state index is 11.3. The molecule has 0 heterocycles. The highest BCUT2D eigenvalue weighted by atomic mass is 19.4. The third-order valence-electron chi connectivity index (χ3n) is 0.753. The van der Waals surface area contributed by atoms with Crippen molar-refractivity contribution < 1.29 is 23.1 Å². The zero-order valence-corrected chi connectivity index (χ0v) is 4.85. The highest BCUT2D eigenvalue weighted by Gasteiger charge is 2.33. The summed E-state index contributed by atoms with van der Waals surface area (Å²) >= 11 is 0. The number of aliphatic hydroxyl groups is 1. The summed E-state index contributed by atoms with van der Waals surface area (Å²) in [6, 6.07) is 0. The monoisotopic (exact) mass is 157 g/mol. The fraction of sp³-hybridized carbons (Fsp3) is 0.750. The molecule has 0 bridgehead atoms. The van der Waals surface area contributed by atoms with Gasteiger partial charge in [0.25, 0.3) is 0 Å². The van der Waals surface area contributed by atoms with Gasteiger partial charge in [-0.05, 0) is 0 Å². The zero-order chi connectivity index (χ0) is 8.36. The lowest BCUT2D eigenvalue weighted by Crippen LogP contribution is -2.32. The van der Waals surface area contributed by atoms with Crippen LogP contribution in [-0.4, -0.2) is 23.3 Å². The maximum absolute atomic E-state index is 11.3. The predicted octanol–water partition coefficient (Wildman–Crippen LogP) is -0.215. The summed E-state index contributed by atoms with van der Waals surface area (Å²) < 4.78 is 33.9. The minimum atomic E-state index is -4.55. The van der Waals surface area contributed by atoms with E-state index in [0.717, 1.165) is 0 Å². The molecule has 6 heteroatoms. The Kier molecular flexibility index (Phi) is 2.65. The van der Waals surface area contributed by atoms with Crippen molar-refractivity contribution in [3.8, 4) is 0 Å². The van der Waals surface area contributed by atoms with Gasteiger partial charge in [-0.2, -0.15) is 13.2 Å². The van der Waals surface area contributed by atoms with Crippen LogP contribution in [0.3, 0.4) is 0 Å². The van der Waals surface area contributed by atoms with Gasteiger partial charge in [0.2, 0.25) is 5.91 Å². The lowest BCUT2D eigenvalue weighted by molar-refractivity contribution is -0.161. The molecule has 1 amide bonds. The number of carbonyl (C=O) groups excluding carboxylic acids is 1. The van der Waals surface area contributed by atoms with Crippen molar-refractivity contribution in [3.05, 3.63) is 0 Å². The second-order valence-electron chi connectivity index (χ2n) is 1.74. The number of rotatable bonds is 2. The van der Waals surface area contributed by atoms with Gasteiger partial charge in [-0.15, -0.1) is 0 Å². The van der Waals surface area contributed by atoms with Crippen molar-refractivity contribution in [3.63, 3.8) is 0 Å². The number of carbonyl (C=O) groups is 1. The fourth-order valence-corrected chi connectivity index (χ4v) is 0.320. The van der Waals surface area contributed by atoms with Crippen LogP contribution in [0.25, 0.3) is 0 Å². The van der Waals surface area contributed by atoms with Crippen LogP contribution in [0.15, 0.2) is 0 Å². The summed E-state index contributed by atoms with van der Waals surface area (Å²) in [6.45, 7) is 0. The van der Waals surface area contributed by atoms with Crippen molar-refractivity contribution in [2.75, 3.05) is 0 Å². The van der Waals surface area contributed by atoms with Gasteiger partial charge in [-0.3, -0.25) is 4.79 Å². The molecule has 1 atom stereocenters. The molecule has 0 aliphatic carbocycles. The number of amides is 1. The third kappa shape index (κ3) is 4.13. The third-order valence-corrected chi connectivity index (χ3v) is 0.753. The molecule has 0 spiro atoms. The summed E-state index contributed by atoms with van der Waals surface area (Å²) in [5, 5.41) is 8.27. The average molecular weight is 157 g/mol. The van der Waals surface area contributed by atoms with Crippen LogP contribution in [0.4, 0.5) is 13.2 Å². The lowest BCUT2D eigenvalue weighted by Gasteiger charge is -2.08. The number of alkyl halides is 3. The molecule has 0 aromatic heterocycles. The first-order valence-electron chi connectivity index (χ1n) is 2.37. The standard InChI is InChI=1S/C4H6F3NO2/c5-4(6,7)1-2(9)3(8)10/h2,9H,1H2,(H2,8,10)/t2-/m1/s1. The quantitative estimate of drug-likeness (QED) is 0.582. The Morgan fingerprint density at radius 2 is 2.00 bits per heavy atom. The molecule has 0 aromatic carbocycles. The van der Waals surface area contributed by atoms with Gasteiger partial charge in [0.1, 0.15) is 6.10 Å². The first-order chi connectivity index (χ1) is 4.33. The van der Waals surface area contributed by atoms with Crippen LogP contribution < -0.4 is 5.73 Å². The van der Waals surface area contributed by atoms with Gasteiger partial charge in [-0.25, -0.2) is 0 Å². The highest BCUT2D eigenvalue weighted by molar-refractivity contribution is 5.78. The molecule has 0 radical (unpaired) electrons. The van der Waals surface area contributed by atoms with Crippen molar-refractivity contribution >= 4 is 5.91 Å². The molecule has 0 aliphatic heterocycles. The minimum Gasteiger partial charge on any atom is -0.383 e. The van der Waals surface area contributed by atoms with Crippen molar-refractivity contribution in [1.82, 2.24) is 0 Å². The Labute approximate surface area is 54.6 Å². The van der Waals surface area contributed by atoms with Crippen molar-refractivity contribution in [1.29, 1.82) is 0 Å². The predicted molar refractivity (Wildman–Crippen MR) is 25.9 cm³/mol. The Balaban J connectivity index is 3.80. The average Bonchev–Trinajstić information content (AvgIpc) is 1.60. The first kappa shape index (κ1) is 9.22. The molecule has 3 nitrogen and oxygen atoms in total. The molecular formula is C4H6F3NO2. The molecule has 0 aromatic rings. The fourth-order valence-electron chi connectivity index (χ4n) is 0.320. The Hall–Kier alpha value is -0.780. The maximum Gasteiger partial charge on any atom is 0.392 e. The summed E-state index contributed by atoms with van der Waals surface area (Å²) in [5.74, 6) is -1.36. The SMILES string of the molecule is NC(=O)[C@H](O)CC(F)(F)F. The van der Waals surface area contributed by atoms with E-state index < -0.39 is 24.6 Å². The molecule has 3 N–H and O–H groups in total. The van der Waals surface area contributed by atoms with Gasteiger partial charge in [0.15, 0.2) is 0 Å². The van der Waals surface area contributed by atoms with Crippen LogP contribution in [0.1, 0.15) is 6.42 Å². The van der Waals surface area contributed by atoms with E-state index in [1.165, 1.54) is 0 Å². The van der Waals surface area contributed by atoms with Crippen LogP contribution in [0.5, 0.6) is 0 Å². The van der Waals surface area contributed by atoms with E-state index in [4.69, 9.17) is 5.11 Å². The molecule has 0 saturated carbocycles. The van der Waals surface area contributed by atoms with Gasteiger partial charge < -0.3 is 10.8 Å². The van der Waals surface area contributed by atoms with Crippen LogP contribution >= 0.6 is 0 Å². The lowest BCUT2D eigenvalue weighted by atomic mass is 10.2. The molecule has 0 rings (SSSR count). The number of aliphatic hydroxyl groups excluding tert-OH is 1. The van der Waals surface area contributed by atoms with E-state index in [0.29, 0.717) is 0 Å². The van der Waals surface area contributed by atoms with E-state index in [1.54, 1.807) is 0 Å². The smallest absolute Gasteiger partial charge is 0.383 e. The summed E-state index contributed by atoms with van der Waals surface area (Å²) in [7, 11) is 0. The Morgan fingerprint density at radius 1 is 1.60 bits per heavy atom. The van der Waals surface area contributed by atoms with Gasteiger partial charge in [0.05, 0.1) is 6.42 Å². The molecule has 0 saturated heterocycles. The van der Waals surface area contributed by atoms with Gasteiger partial charge in [-0.1, -0.05) is 0 Å². The largest absolute Gasteiger partial charge is 0.392 e. The van der Waals surface area contributed by atoms with E-state index in [2.05, 4.69) is 5.73 Å². The van der Waals surface area contributed by atoms with E-state index >= 15 is 0 Å². The van der Waals surface area contributed by atoms with E-state index in [9.17, 15) is 18.0 Å². The van der Waals surface area contributed by atoms with Crippen LogP contribution in [-0.2, 0) is 4.79 Å². The normalized spacial score (nSPS) is 14.8. The molecule has 0 fully saturated rings. The number of nitrogens with two attached hydrogens (primary N) is 1. The minimum absolute atomic E-state index is 1.36. The summed E-state index contributed by atoms with van der Waals surface area (Å²) in [4.78, 5) is 9.85. The first-order valence-corrected chi connectivity index (χ1v) is 2.37.